The minimum absolute atomic E-state index is 0.142. The van der Waals surface area contributed by atoms with E-state index in [1.807, 2.05) is 12.1 Å². The molecule has 0 heterocycles. The minimum Gasteiger partial charge on any atom is -0.330 e. The molecule has 3 heteroatoms. The molecule has 2 nitrogen and oxygen atoms in total. The van der Waals surface area contributed by atoms with Crippen LogP contribution in [0.2, 0.25) is 5.02 Å². The smallest absolute Gasteiger partial charge is 0.0408 e. The van der Waals surface area contributed by atoms with Crippen LogP contribution in [-0.2, 0) is 5.41 Å². The summed E-state index contributed by atoms with van der Waals surface area (Å²) < 4.78 is 0. The monoisotopic (exact) mass is 292 g/mol. The van der Waals surface area contributed by atoms with Crippen LogP contribution in [0.5, 0.6) is 0 Å². The van der Waals surface area contributed by atoms with Crippen LogP contribution in [0, 0.1) is 5.92 Å². The Morgan fingerprint density at radius 2 is 1.95 bits per heavy atom. The van der Waals surface area contributed by atoms with Crippen molar-refractivity contribution in [3.05, 3.63) is 34.9 Å². The van der Waals surface area contributed by atoms with Gasteiger partial charge in [-0.25, -0.2) is 0 Å². The summed E-state index contributed by atoms with van der Waals surface area (Å²) in [6, 6.07) is 8.97. The molecule has 2 saturated carbocycles. The van der Waals surface area contributed by atoms with Gasteiger partial charge in [0.15, 0.2) is 0 Å². The van der Waals surface area contributed by atoms with Crippen molar-refractivity contribution in [1.29, 1.82) is 0 Å². The lowest BCUT2D eigenvalue weighted by Crippen LogP contribution is -2.44. The van der Waals surface area contributed by atoms with Crippen molar-refractivity contribution >= 4 is 11.6 Å². The van der Waals surface area contributed by atoms with Crippen molar-refractivity contribution in [2.75, 3.05) is 13.1 Å². The van der Waals surface area contributed by atoms with Crippen LogP contribution in [0.3, 0.4) is 0 Å². The lowest BCUT2D eigenvalue weighted by atomic mass is 9.68. The number of hydrogen-bond donors (Lipinski definition) is 2. The van der Waals surface area contributed by atoms with E-state index in [0.29, 0.717) is 6.04 Å². The van der Waals surface area contributed by atoms with E-state index >= 15 is 0 Å². The van der Waals surface area contributed by atoms with Crippen molar-refractivity contribution in [2.24, 2.45) is 11.7 Å². The topological polar surface area (TPSA) is 38.0 Å². The average molecular weight is 293 g/mol. The Morgan fingerprint density at radius 3 is 2.55 bits per heavy atom. The zero-order valence-electron chi connectivity index (χ0n) is 12.1. The molecule has 2 fully saturated rings. The van der Waals surface area contributed by atoms with Crippen molar-refractivity contribution in [1.82, 2.24) is 5.32 Å². The Labute approximate surface area is 127 Å². The van der Waals surface area contributed by atoms with Gasteiger partial charge in [-0.2, -0.15) is 0 Å². The van der Waals surface area contributed by atoms with Crippen LogP contribution < -0.4 is 11.1 Å². The van der Waals surface area contributed by atoms with E-state index in [-0.39, 0.29) is 5.41 Å². The maximum atomic E-state index is 6.15. The number of nitrogens with two attached hydrogens (primary N) is 1. The molecule has 1 aromatic carbocycles. The van der Waals surface area contributed by atoms with Gasteiger partial charge >= 0.3 is 0 Å². The zero-order valence-corrected chi connectivity index (χ0v) is 12.8. The van der Waals surface area contributed by atoms with E-state index in [1.54, 1.807) is 0 Å². The van der Waals surface area contributed by atoms with Gasteiger partial charge in [-0.3, -0.25) is 0 Å². The van der Waals surface area contributed by atoms with E-state index < -0.39 is 0 Å². The molecule has 3 rings (SSSR count). The molecule has 0 atom stereocenters. The Balaban J connectivity index is 1.63. The maximum Gasteiger partial charge on any atom is 0.0408 e. The summed E-state index contributed by atoms with van der Waals surface area (Å²) in [7, 11) is 0. The van der Waals surface area contributed by atoms with E-state index in [4.69, 9.17) is 17.3 Å². The van der Waals surface area contributed by atoms with Gasteiger partial charge < -0.3 is 11.1 Å². The van der Waals surface area contributed by atoms with Gasteiger partial charge in [-0.05, 0) is 68.7 Å². The van der Waals surface area contributed by atoms with Crippen LogP contribution >= 0.6 is 11.6 Å². The van der Waals surface area contributed by atoms with Crippen LogP contribution in [0.25, 0.3) is 0 Å². The lowest BCUT2D eigenvalue weighted by molar-refractivity contribution is 0.250. The highest BCUT2D eigenvalue weighted by molar-refractivity contribution is 6.30. The number of nitrogens with one attached hydrogen (secondary N) is 1. The second-order valence-electron chi connectivity index (χ2n) is 6.62. The third kappa shape index (κ3) is 3.19. The van der Waals surface area contributed by atoms with E-state index in [1.165, 1.54) is 50.6 Å². The van der Waals surface area contributed by atoms with Crippen molar-refractivity contribution in [3.8, 4) is 0 Å². The highest BCUT2D eigenvalue weighted by Gasteiger charge is 2.36. The molecule has 1 aromatic rings. The highest BCUT2D eigenvalue weighted by atomic mass is 35.5. The summed E-state index contributed by atoms with van der Waals surface area (Å²) in [6.45, 7) is 1.94. The number of rotatable bonds is 5. The SMILES string of the molecule is NCC1(c2cccc(Cl)c2)CCC(NCC2CC2)CC1. The van der Waals surface area contributed by atoms with Crippen LogP contribution in [0.4, 0.5) is 0 Å². The van der Waals surface area contributed by atoms with Crippen molar-refractivity contribution in [3.63, 3.8) is 0 Å². The lowest BCUT2D eigenvalue weighted by Gasteiger charge is -2.40. The van der Waals surface area contributed by atoms with Gasteiger partial charge in [0.2, 0.25) is 0 Å². The third-order valence-corrected chi connectivity index (χ3v) is 5.40. The second kappa shape index (κ2) is 6.05. The van der Waals surface area contributed by atoms with Crippen LogP contribution in [0.1, 0.15) is 44.1 Å². The van der Waals surface area contributed by atoms with E-state index in [2.05, 4.69) is 17.4 Å². The first-order valence-electron chi connectivity index (χ1n) is 7.91. The molecule has 0 bridgehead atoms. The van der Waals surface area contributed by atoms with Crippen molar-refractivity contribution < 1.29 is 0 Å². The first-order chi connectivity index (χ1) is 9.72. The molecule has 3 N–H and O–H groups in total. The first-order valence-corrected chi connectivity index (χ1v) is 8.29. The van der Waals surface area contributed by atoms with Gasteiger partial charge in [0.1, 0.15) is 0 Å². The third-order valence-electron chi connectivity index (χ3n) is 5.16. The molecule has 0 saturated heterocycles. The van der Waals surface area contributed by atoms with Gasteiger partial charge in [-0.1, -0.05) is 23.7 Å². The fraction of sp³-hybridized carbons (Fsp3) is 0.647. The summed E-state index contributed by atoms with van der Waals surface area (Å²) in [5.41, 5.74) is 7.60. The van der Waals surface area contributed by atoms with Gasteiger partial charge in [0.25, 0.3) is 0 Å². The zero-order chi connectivity index (χ0) is 14.0. The normalized spacial score (nSPS) is 30.4. The molecule has 0 amide bonds. The Morgan fingerprint density at radius 1 is 1.20 bits per heavy atom. The molecular formula is C17H25ClN2. The summed E-state index contributed by atoms with van der Waals surface area (Å²) >= 11 is 6.15. The summed E-state index contributed by atoms with van der Waals surface area (Å²) in [6.07, 6.45) is 7.66. The Bertz CT molecular complexity index is 448. The van der Waals surface area contributed by atoms with Crippen molar-refractivity contribution in [2.45, 2.75) is 50.0 Å². The molecule has 0 spiro atoms. The molecule has 0 aliphatic heterocycles. The Hall–Kier alpha value is -0.570. The predicted octanol–water partition coefficient (Wildman–Crippen LogP) is 3.48. The van der Waals surface area contributed by atoms with E-state index in [0.717, 1.165) is 17.5 Å². The van der Waals surface area contributed by atoms with Gasteiger partial charge in [-0.15, -0.1) is 0 Å². The summed E-state index contributed by atoms with van der Waals surface area (Å²) in [5.74, 6) is 0.962. The van der Waals surface area contributed by atoms with E-state index in [9.17, 15) is 0 Å². The molecular weight excluding hydrogens is 268 g/mol. The van der Waals surface area contributed by atoms with Crippen LogP contribution in [0.15, 0.2) is 24.3 Å². The summed E-state index contributed by atoms with van der Waals surface area (Å²) in [4.78, 5) is 0. The number of halogens is 1. The molecule has 110 valence electrons. The fourth-order valence-corrected chi connectivity index (χ4v) is 3.65. The molecule has 2 aliphatic rings. The molecule has 2 aliphatic carbocycles. The minimum atomic E-state index is 0.142. The predicted molar refractivity (Wildman–Crippen MR) is 85.2 cm³/mol. The number of hydrogen-bond acceptors (Lipinski definition) is 2. The molecule has 0 radical (unpaired) electrons. The molecule has 0 unspecified atom stereocenters. The maximum absolute atomic E-state index is 6.15. The number of benzene rings is 1. The largest absolute Gasteiger partial charge is 0.330 e. The standard InChI is InChI=1S/C17H25ClN2/c18-15-3-1-2-14(10-15)17(12-19)8-6-16(7-9-17)20-11-13-4-5-13/h1-3,10,13,16,20H,4-9,11-12,19H2. The average Bonchev–Trinajstić information content (AvgIpc) is 3.30. The first kappa shape index (κ1) is 14.4. The van der Waals surface area contributed by atoms with Crippen LogP contribution in [-0.4, -0.2) is 19.1 Å². The molecule has 0 aromatic heterocycles. The Kier molecular flexibility index (Phi) is 4.34. The molecule has 20 heavy (non-hydrogen) atoms. The van der Waals surface area contributed by atoms with Gasteiger partial charge in [0, 0.05) is 23.0 Å². The second-order valence-corrected chi connectivity index (χ2v) is 7.06. The quantitative estimate of drug-likeness (QED) is 0.872. The van der Waals surface area contributed by atoms with Gasteiger partial charge in [0.05, 0.1) is 0 Å². The highest BCUT2D eigenvalue weighted by Crippen LogP contribution is 2.39. The summed E-state index contributed by atoms with van der Waals surface area (Å²) in [5, 5.41) is 4.56. The fourth-order valence-electron chi connectivity index (χ4n) is 3.46.